The number of fused-ring (bicyclic) bond motifs is 1. The van der Waals surface area contributed by atoms with Crippen LogP contribution in [0.1, 0.15) is 37.6 Å². The zero-order valence-corrected chi connectivity index (χ0v) is 14.3. The Hall–Kier alpha value is -2.02. The van der Waals surface area contributed by atoms with Crippen LogP contribution in [0.3, 0.4) is 0 Å². The Morgan fingerprint density at radius 3 is 2.88 bits per heavy atom. The average Bonchev–Trinajstić information content (AvgIpc) is 2.97. The number of benzene rings is 1. The topological polar surface area (TPSA) is 66.2 Å². The van der Waals surface area contributed by atoms with Crippen LogP contribution >= 0.6 is 11.8 Å². The van der Waals surface area contributed by atoms with Crippen LogP contribution in [0.25, 0.3) is 0 Å². The molecule has 1 aliphatic carbocycles. The number of ketones is 1. The van der Waals surface area contributed by atoms with Crippen molar-refractivity contribution < 1.29 is 14.3 Å². The zero-order chi connectivity index (χ0) is 16.5. The number of thioether (sulfide) groups is 1. The highest BCUT2D eigenvalue weighted by molar-refractivity contribution is 8.00. The standard InChI is InChI=1S/C17H19N3O3S/c1-20-16(14-10-22-12-7-3-4-8-13(12)23-14)18-19-17(20)24-15-9-5-2-6-11(15)21/h3-4,7-8,14-15H,2,5-6,9-10H2,1H3. The van der Waals surface area contributed by atoms with Gasteiger partial charge in [0.2, 0.25) is 0 Å². The second-order valence-corrected chi connectivity index (χ2v) is 7.25. The molecule has 0 saturated heterocycles. The van der Waals surface area contributed by atoms with Crippen molar-refractivity contribution in [3.05, 3.63) is 30.1 Å². The predicted molar refractivity (Wildman–Crippen MR) is 89.4 cm³/mol. The highest BCUT2D eigenvalue weighted by Crippen LogP contribution is 2.36. The van der Waals surface area contributed by atoms with E-state index in [0.29, 0.717) is 24.6 Å². The fourth-order valence-electron chi connectivity index (χ4n) is 3.06. The molecule has 0 bridgehead atoms. The second-order valence-electron chi connectivity index (χ2n) is 6.08. The largest absolute Gasteiger partial charge is 0.485 e. The van der Waals surface area contributed by atoms with Gasteiger partial charge in [-0.2, -0.15) is 0 Å². The highest BCUT2D eigenvalue weighted by atomic mass is 32.2. The average molecular weight is 345 g/mol. The summed E-state index contributed by atoms with van der Waals surface area (Å²) < 4.78 is 13.7. The van der Waals surface area contributed by atoms with Crippen LogP contribution in [0.4, 0.5) is 0 Å². The first-order chi connectivity index (χ1) is 11.7. The van der Waals surface area contributed by atoms with E-state index in [2.05, 4.69) is 10.2 Å². The third-order valence-corrected chi connectivity index (χ3v) is 5.76. The summed E-state index contributed by atoms with van der Waals surface area (Å²) in [7, 11) is 1.91. The summed E-state index contributed by atoms with van der Waals surface area (Å²) >= 11 is 1.51. The van der Waals surface area contributed by atoms with Crippen LogP contribution in [-0.2, 0) is 11.8 Å². The van der Waals surface area contributed by atoms with Crippen molar-refractivity contribution in [2.45, 2.75) is 42.2 Å². The second kappa shape index (κ2) is 6.47. The minimum absolute atomic E-state index is 0.00116. The maximum atomic E-state index is 12.0. The molecule has 0 amide bonds. The van der Waals surface area contributed by atoms with E-state index < -0.39 is 0 Å². The van der Waals surface area contributed by atoms with Gasteiger partial charge in [0, 0.05) is 13.5 Å². The van der Waals surface area contributed by atoms with Gasteiger partial charge in [0.25, 0.3) is 0 Å². The molecule has 6 nitrogen and oxygen atoms in total. The van der Waals surface area contributed by atoms with Gasteiger partial charge in [-0.05, 0) is 25.0 Å². The molecule has 1 aliphatic heterocycles. The van der Waals surface area contributed by atoms with Crippen LogP contribution in [0.2, 0.25) is 0 Å². The molecule has 0 spiro atoms. The molecular weight excluding hydrogens is 326 g/mol. The van der Waals surface area contributed by atoms with E-state index in [1.54, 1.807) is 0 Å². The smallest absolute Gasteiger partial charge is 0.192 e. The Morgan fingerprint density at radius 1 is 1.21 bits per heavy atom. The highest BCUT2D eigenvalue weighted by Gasteiger charge is 2.30. The van der Waals surface area contributed by atoms with Gasteiger partial charge in [0.1, 0.15) is 12.4 Å². The summed E-state index contributed by atoms with van der Waals surface area (Å²) in [5.41, 5.74) is 0. The Kier molecular flexibility index (Phi) is 4.18. The van der Waals surface area contributed by atoms with Crippen LogP contribution in [-0.4, -0.2) is 32.4 Å². The Balaban J connectivity index is 1.51. The molecule has 0 N–H and O–H groups in total. The number of nitrogens with zero attached hydrogens (tertiary/aromatic N) is 3. The quantitative estimate of drug-likeness (QED) is 0.852. The number of rotatable bonds is 3. The predicted octanol–water partition coefficient (Wildman–Crippen LogP) is 2.93. The van der Waals surface area contributed by atoms with E-state index >= 15 is 0 Å². The lowest BCUT2D eigenvalue weighted by atomic mass is 9.99. The number of hydrogen-bond acceptors (Lipinski definition) is 6. The zero-order valence-electron chi connectivity index (χ0n) is 13.5. The van der Waals surface area contributed by atoms with Gasteiger partial charge in [0.15, 0.2) is 28.6 Å². The van der Waals surface area contributed by atoms with Gasteiger partial charge in [-0.25, -0.2) is 0 Å². The summed E-state index contributed by atoms with van der Waals surface area (Å²) in [6.07, 6.45) is 3.41. The fourth-order valence-corrected chi connectivity index (χ4v) is 4.19. The number of para-hydroxylation sites is 2. The van der Waals surface area contributed by atoms with E-state index in [0.717, 1.165) is 36.0 Å². The first-order valence-corrected chi connectivity index (χ1v) is 9.07. The Morgan fingerprint density at radius 2 is 2.04 bits per heavy atom. The minimum atomic E-state index is -0.297. The molecule has 1 fully saturated rings. The summed E-state index contributed by atoms with van der Waals surface area (Å²) in [5, 5.41) is 9.30. The van der Waals surface area contributed by atoms with E-state index in [4.69, 9.17) is 9.47 Å². The van der Waals surface area contributed by atoms with Crippen LogP contribution in [0.15, 0.2) is 29.4 Å². The lowest BCUT2D eigenvalue weighted by Gasteiger charge is -2.25. The van der Waals surface area contributed by atoms with Gasteiger partial charge in [0.05, 0.1) is 5.25 Å². The van der Waals surface area contributed by atoms with Crippen molar-refractivity contribution in [1.29, 1.82) is 0 Å². The first kappa shape index (κ1) is 15.5. The molecule has 126 valence electrons. The number of aromatic nitrogens is 3. The van der Waals surface area contributed by atoms with Gasteiger partial charge in [-0.15, -0.1) is 10.2 Å². The molecule has 2 heterocycles. The third-order valence-electron chi connectivity index (χ3n) is 4.41. The SMILES string of the molecule is Cn1c(SC2CCCCC2=O)nnc1C1COc2ccccc2O1. The summed E-state index contributed by atoms with van der Waals surface area (Å²) in [6.45, 7) is 0.399. The number of hydrogen-bond donors (Lipinski definition) is 0. The summed E-state index contributed by atoms with van der Waals surface area (Å²) in [6, 6.07) is 7.60. The van der Waals surface area contributed by atoms with E-state index in [-0.39, 0.29) is 11.4 Å². The van der Waals surface area contributed by atoms with Crippen molar-refractivity contribution in [3.63, 3.8) is 0 Å². The third kappa shape index (κ3) is 2.88. The monoisotopic (exact) mass is 345 g/mol. The summed E-state index contributed by atoms with van der Waals surface area (Å²) in [4.78, 5) is 12.0. The maximum absolute atomic E-state index is 12.0. The first-order valence-electron chi connectivity index (χ1n) is 8.19. The van der Waals surface area contributed by atoms with E-state index in [1.165, 1.54) is 11.8 Å². The normalized spacial score (nSPS) is 23.3. The van der Waals surface area contributed by atoms with Crippen LogP contribution in [0, 0.1) is 0 Å². The van der Waals surface area contributed by atoms with Crippen molar-refractivity contribution in [1.82, 2.24) is 14.8 Å². The van der Waals surface area contributed by atoms with Crippen molar-refractivity contribution >= 4 is 17.5 Å². The van der Waals surface area contributed by atoms with Gasteiger partial charge in [-0.1, -0.05) is 30.3 Å². The molecule has 7 heteroatoms. The molecule has 1 aromatic carbocycles. The van der Waals surface area contributed by atoms with Crippen LogP contribution < -0.4 is 9.47 Å². The lowest BCUT2D eigenvalue weighted by molar-refractivity contribution is -0.119. The molecule has 2 atom stereocenters. The van der Waals surface area contributed by atoms with Crippen molar-refractivity contribution in [3.8, 4) is 11.5 Å². The van der Waals surface area contributed by atoms with Crippen molar-refractivity contribution in [2.24, 2.45) is 7.05 Å². The number of Topliss-reactive ketones (excluding diaryl/α,β-unsaturated/α-hetero) is 1. The molecular formula is C17H19N3O3S. The molecule has 1 saturated carbocycles. The molecule has 24 heavy (non-hydrogen) atoms. The molecule has 1 aromatic heterocycles. The van der Waals surface area contributed by atoms with Crippen molar-refractivity contribution in [2.75, 3.05) is 6.61 Å². The molecule has 2 unspecified atom stereocenters. The molecule has 0 radical (unpaired) electrons. The lowest BCUT2D eigenvalue weighted by Crippen LogP contribution is -2.25. The van der Waals surface area contributed by atoms with Gasteiger partial charge >= 0.3 is 0 Å². The number of carbonyl (C=O) groups is 1. The molecule has 2 aliphatic rings. The van der Waals surface area contributed by atoms with E-state index in [9.17, 15) is 4.79 Å². The number of ether oxygens (including phenoxy) is 2. The minimum Gasteiger partial charge on any atom is -0.485 e. The Bertz CT molecular complexity index is 761. The molecule has 2 aromatic rings. The van der Waals surface area contributed by atoms with Gasteiger partial charge in [-0.3, -0.25) is 4.79 Å². The molecule has 4 rings (SSSR count). The van der Waals surface area contributed by atoms with Gasteiger partial charge < -0.3 is 14.0 Å². The number of carbonyl (C=O) groups excluding carboxylic acids is 1. The Labute approximate surface area is 144 Å². The van der Waals surface area contributed by atoms with E-state index in [1.807, 2.05) is 35.9 Å². The van der Waals surface area contributed by atoms with Crippen LogP contribution in [0.5, 0.6) is 11.5 Å². The summed E-state index contributed by atoms with van der Waals surface area (Å²) in [5.74, 6) is 2.50. The maximum Gasteiger partial charge on any atom is 0.192 e. The fraction of sp³-hybridized carbons (Fsp3) is 0.471.